The number of methoxy groups -OCH3 is 1. The molecule has 6 aliphatic rings. The van der Waals surface area contributed by atoms with Crippen molar-refractivity contribution >= 4 is 11.7 Å². The van der Waals surface area contributed by atoms with E-state index in [0.717, 1.165) is 100 Å². The summed E-state index contributed by atoms with van der Waals surface area (Å²) in [6.45, 7) is 5.56. The molecular formula is C57H66N4O7. The van der Waals surface area contributed by atoms with Crippen molar-refractivity contribution in [2.45, 2.75) is 121 Å². The van der Waals surface area contributed by atoms with Crippen molar-refractivity contribution in [1.82, 2.24) is 10.6 Å². The quantitative estimate of drug-likeness (QED) is 0.0432. The molecule has 7 N–H and O–H groups in total. The standard InChI is InChI=1S/C57H66N4O7/c1-4-59-47-15-9-8-11-35(47)17-18-41-37-23-24-57(31-37)32-38-27-40(63)29-51(65-3)53(38)44-20-19-43-46(33-67-34(2)62)55(68-56(43)54(44)57)45-30-50(66-26-25-60-39-13-6-5-7-14-39)49(64)28-36(45)12-10-16-48-42(41)21-22-52(58)61-48/h8-9,11,15,19-22,27-30,37,39,41,46,52,55,59-61,63-64H,4-7,12-14,17-18,23-26,31-33,58H2,1-3H3/t37-,41-,46+,52?,55-,57+/m1/s1. The maximum atomic E-state index is 12.6. The van der Waals surface area contributed by atoms with Crippen molar-refractivity contribution in [3.8, 4) is 51.7 Å². The Kier molecular flexibility index (Phi) is 13.1. The number of nitrogens with two attached hydrogens (primary N) is 1. The number of aromatic hydroxyl groups is 2. The van der Waals surface area contributed by atoms with Gasteiger partial charge in [0.05, 0.1) is 24.9 Å². The number of carbonyl (C=O) groups excluding carboxylic acids is 1. The van der Waals surface area contributed by atoms with E-state index in [1.165, 1.54) is 44.6 Å². The van der Waals surface area contributed by atoms with Crippen molar-refractivity contribution in [1.29, 1.82) is 0 Å². The molecule has 3 aliphatic carbocycles. The first-order valence-corrected chi connectivity index (χ1v) is 25.0. The first-order chi connectivity index (χ1) is 33.1. The molecule has 4 aromatic rings. The van der Waals surface area contributed by atoms with Crippen LogP contribution in [0.25, 0.3) is 11.1 Å². The second kappa shape index (κ2) is 19.5. The number of rotatable bonds is 13. The average molecular weight is 919 g/mol. The number of anilines is 1. The van der Waals surface area contributed by atoms with Crippen molar-refractivity contribution in [2.24, 2.45) is 17.6 Å². The van der Waals surface area contributed by atoms with E-state index in [1.54, 1.807) is 19.2 Å². The molecule has 68 heavy (non-hydrogen) atoms. The number of benzene rings is 4. The highest BCUT2D eigenvalue weighted by Gasteiger charge is 2.52. The number of nitrogens with one attached hydrogen (secondary N) is 3. The van der Waals surface area contributed by atoms with E-state index >= 15 is 0 Å². The van der Waals surface area contributed by atoms with Crippen LogP contribution in [0.2, 0.25) is 0 Å². The lowest BCUT2D eigenvalue weighted by atomic mass is 9.64. The second-order valence-electron chi connectivity index (χ2n) is 19.8. The normalized spacial score (nSPS) is 24.4. The predicted molar refractivity (Wildman–Crippen MR) is 265 cm³/mol. The summed E-state index contributed by atoms with van der Waals surface area (Å²) in [7, 11) is 1.66. The molecule has 11 nitrogen and oxygen atoms in total. The highest BCUT2D eigenvalue weighted by atomic mass is 16.5. The third-order valence-corrected chi connectivity index (χ3v) is 15.6. The van der Waals surface area contributed by atoms with Gasteiger partial charge in [-0.2, -0.15) is 0 Å². The van der Waals surface area contributed by atoms with Gasteiger partial charge >= 0.3 is 5.97 Å². The summed E-state index contributed by atoms with van der Waals surface area (Å²) < 4.78 is 25.8. The number of para-hydroxylation sites is 1. The van der Waals surface area contributed by atoms with Crippen LogP contribution in [0.3, 0.4) is 0 Å². The Balaban J connectivity index is 1.14. The maximum Gasteiger partial charge on any atom is 0.302 e. The molecule has 3 aliphatic heterocycles. The fourth-order valence-corrected chi connectivity index (χ4v) is 12.6. The topological polar surface area (TPSA) is 157 Å². The summed E-state index contributed by atoms with van der Waals surface area (Å²) in [5.74, 6) is 8.74. The van der Waals surface area contributed by atoms with E-state index < -0.39 is 12.3 Å². The molecule has 3 heterocycles. The van der Waals surface area contributed by atoms with Crippen molar-refractivity contribution < 1.29 is 34.0 Å². The number of allylic oxidation sites excluding steroid dienone is 3. The molecule has 4 bridgehead atoms. The molecule has 11 heteroatoms. The lowest BCUT2D eigenvalue weighted by Gasteiger charge is -2.40. The highest BCUT2D eigenvalue weighted by molar-refractivity contribution is 5.84. The van der Waals surface area contributed by atoms with Crippen LogP contribution in [0.5, 0.6) is 28.7 Å². The van der Waals surface area contributed by atoms with Crippen LogP contribution in [0.1, 0.15) is 117 Å². The van der Waals surface area contributed by atoms with Crippen molar-refractivity contribution in [2.75, 3.05) is 38.7 Å². The number of phenols is 2. The van der Waals surface area contributed by atoms with E-state index in [9.17, 15) is 15.0 Å². The molecule has 4 aromatic carbocycles. The first kappa shape index (κ1) is 45.7. The summed E-state index contributed by atoms with van der Waals surface area (Å²) in [5.41, 5.74) is 17.5. The fraction of sp³-hybridized carbons (Fsp3) is 0.456. The summed E-state index contributed by atoms with van der Waals surface area (Å²) in [4.78, 5) is 12.6. The van der Waals surface area contributed by atoms with Gasteiger partial charge in [-0.25, -0.2) is 0 Å². The number of fused-ring (bicyclic) bond motifs is 6. The number of esters is 1. The number of hydrogen-bond donors (Lipinski definition) is 6. The molecule has 10 rings (SSSR count). The van der Waals surface area contributed by atoms with Crippen LogP contribution in [0.4, 0.5) is 5.69 Å². The number of phenolic OH excluding ortho intramolecular Hbond substituents is 2. The Morgan fingerprint density at radius 1 is 1.00 bits per heavy atom. The lowest BCUT2D eigenvalue weighted by Crippen LogP contribution is -2.38. The third-order valence-electron chi connectivity index (χ3n) is 15.6. The Morgan fingerprint density at radius 3 is 2.68 bits per heavy atom. The summed E-state index contributed by atoms with van der Waals surface area (Å²) in [6.07, 6.45) is 14.9. The van der Waals surface area contributed by atoms with Crippen molar-refractivity contribution in [3.63, 3.8) is 0 Å². The first-order valence-electron chi connectivity index (χ1n) is 25.0. The van der Waals surface area contributed by atoms with E-state index in [4.69, 9.17) is 24.7 Å². The molecule has 356 valence electrons. The summed E-state index contributed by atoms with van der Waals surface area (Å²) in [5, 5.41) is 33.6. The minimum absolute atomic E-state index is 0.0346. The number of carbonyl (C=O) groups is 1. The van der Waals surface area contributed by atoms with Gasteiger partial charge in [-0.15, -0.1) is 0 Å². The molecule has 2 saturated carbocycles. The highest BCUT2D eigenvalue weighted by Crippen LogP contribution is 2.63. The summed E-state index contributed by atoms with van der Waals surface area (Å²) >= 11 is 0. The van der Waals surface area contributed by atoms with Gasteiger partial charge in [0, 0.05) is 71.9 Å². The van der Waals surface area contributed by atoms with Gasteiger partial charge in [0.2, 0.25) is 0 Å². The summed E-state index contributed by atoms with van der Waals surface area (Å²) in [6, 6.07) is 20.7. The van der Waals surface area contributed by atoms with Gasteiger partial charge in [0.15, 0.2) is 11.5 Å². The maximum absolute atomic E-state index is 12.6. The van der Waals surface area contributed by atoms with Gasteiger partial charge in [-0.1, -0.05) is 61.6 Å². The van der Waals surface area contributed by atoms with E-state index in [2.05, 4.69) is 77.2 Å². The van der Waals surface area contributed by atoms with Crippen LogP contribution >= 0.6 is 0 Å². The fourth-order valence-electron chi connectivity index (χ4n) is 12.6. The third kappa shape index (κ3) is 8.89. The Bertz CT molecular complexity index is 2690. The second-order valence-corrected chi connectivity index (χ2v) is 19.8. The molecule has 1 spiro atoms. The number of dihydropyridines is 1. The smallest absolute Gasteiger partial charge is 0.302 e. The van der Waals surface area contributed by atoms with Crippen LogP contribution in [-0.2, 0) is 34.2 Å². The van der Waals surface area contributed by atoms with Crippen molar-refractivity contribution in [3.05, 3.63) is 117 Å². The molecule has 0 aromatic heterocycles. The Hall–Kier alpha value is -6.09. The zero-order valence-electron chi connectivity index (χ0n) is 39.7. The molecule has 0 amide bonds. The molecule has 0 radical (unpaired) electrons. The van der Waals surface area contributed by atoms with Gasteiger partial charge in [0.1, 0.15) is 36.6 Å². The van der Waals surface area contributed by atoms with Crippen LogP contribution in [0.15, 0.2) is 84.1 Å². The lowest BCUT2D eigenvalue weighted by molar-refractivity contribution is -0.141. The monoisotopic (exact) mass is 918 g/mol. The minimum Gasteiger partial charge on any atom is -0.508 e. The Morgan fingerprint density at radius 2 is 1.85 bits per heavy atom. The molecule has 6 atom stereocenters. The van der Waals surface area contributed by atoms with Gasteiger partial charge in [-0.3, -0.25) is 4.79 Å². The zero-order valence-corrected chi connectivity index (χ0v) is 39.7. The largest absolute Gasteiger partial charge is 0.508 e. The average Bonchev–Trinajstić information content (AvgIpc) is 3.92. The Labute approximate surface area is 400 Å². The number of ether oxygens (including phenoxy) is 4. The number of aryl methyl sites for hydroxylation is 1. The van der Waals surface area contributed by atoms with Gasteiger partial charge in [0.25, 0.3) is 0 Å². The van der Waals surface area contributed by atoms with Crippen LogP contribution in [-0.4, -0.2) is 61.8 Å². The van der Waals surface area contributed by atoms with Gasteiger partial charge in [-0.05, 0) is 134 Å². The SMILES string of the molecule is CCNc1ccccc1CC[C@H]1C2=C(C#CCc3cc(O)c(OCCNC4CCCCC4)cc3[C@H]3Oc4c(ccc5c4[C@]4(CC[C@@H]1C4)Cc1cc(O)cc(OC)c1-5)[C@@H]3COC(C)=O)NC(N)C=C2. The molecule has 2 fully saturated rings. The predicted octanol–water partition coefficient (Wildman–Crippen LogP) is 9.39. The van der Waals surface area contributed by atoms with E-state index in [0.29, 0.717) is 43.5 Å². The molecular weight excluding hydrogens is 853 g/mol. The number of hydrogen-bond acceptors (Lipinski definition) is 11. The zero-order chi connectivity index (χ0) is 46.9. The van der Waals surface area contributed by atoms with Crippen LogP contribution < -0.4 is 35.9 Å². The van der Waals surface area contributed by atoms with E-state index in [-0.39, 0.29) is 47.2 Å². The molecule has 0 saturated heterocycles. The van der Waals surface area contributed by atoms with E-state index in [1.807, 2.05) is 18.2 Å². The molecule has 1 unspecified atom stereocenters. The van der Waals surface area contributed by atoms with Gasteiger partial charge < -0.3 is 50.8 Å². The minimum atomic E-state index is -0.595. The van der Waals surface area contributed by atoms with Crippen LogP contribution in [0, 0.1) is 23.7 Å².